The number of amidine groups is 1. The molecule has 0 radical (unpaired) electrons. The van der Waals surface area contributed by atoms with Crippen molar-refractivity contribution in [2.24, 2.45) is 4.40 Å². The van der Waals surface area contributed by atoms with E-state index in [1.54, 1.807) is 24.3 Å². The Morgan fingerprint density at radius 2 is 1.46 bits per heavy atom. The van der Waals surface area contributed by atoms with Crippen molar-refractivity contribution >= 4 is 15.9 Å². The van der Waals surface area contributed by atoms with Crippen LogP contribution in [0.5, 0.6) is 0 Å². The van der Waals surface area contributed by atoms with Gasteiger partial charge in [-0.05, 0) is 52.3 Å². The van der Waals surface area contributed by atoms with E-state index in [1.165, 1.54) is 0 Å². The minimum atomic E-state index is -3.76. The van der Waals surface area contributed by atoms with Crippen molar-refractivity contribution in [1.82, 2.24) is 4.90 Å². The molecule has 0 heterocycles. The highest BCUT2D eigenvalue weighted by Crippen LogP contribution is 2.18. The predicted octanol–water partition coefficient (Wildman–Crippen LogP) is 4.44. The highest BCUT2D eigenvalue weighted by Gasteiger charge is 2.22. The van der Waals surface area contributed by atoms with Crippen LogP contribution < -0.4 is 0 Å². The van der Waals surface area contributed by atoms with Crippen molar-refractivity contribution in [3.05, 3.63) is 65.7 Å². The summed E-state index contributed by atoms with van der Waals surface area (Å²) in [4.78, 5) is 2.29. The summed E-state index contributed by atoms with van der Waals surface area (Å²) in [6, 6.07) is 17.0. The fourth-order valence-corrected chi connectivity index (χ4v) is 4.06. The maximum Gasteiger partial charge on any atom is 0.283 e. The molecular weight excluding hydrogens is 344 g/mol. The van der Waals surface area contributed by atoms with E-state index < -0.39 is 10.0 Å². The van der Waals surface area contributed by atoms with E-state index in [9.17, 15) is 8.42 Å². The Morgan fingerprint density at radius 3 is 1.96 bits per heavy atom. The smallest absolute Gasteiger partial charge is 0.283 e. The number of nitrogens with zero attached hydrogens (tertiary/aromatic N) is 2. The fraction of sp³-hybridized carbons (Fsp3) is 0.381. The van der Waals surface area contributed by atoms with Gasteiger partial charge >= 0.3 is 0 Å². The normalized spacial score (nSPS) is 12.7. The molecule has 2 aromatic carbocycles. The molecule has 5 heteroatoms. The maximum atomic E-state index is 12.9. The van der Waals surface area contributed by atoms with Gasteiger partial charge in [-0.25, -0.2) is 0 Å². The van der Waals surface area contributed by atoms with Gasteiger partial charge in [-0.2, -0.15) is 8.42 Å². The Balaban J connectivity index is 2.50. The number of rotatable bonds is 6. The van der Waals surface area contributed by atoms with Crippen LogP contribution in [0.3, 0.4) is 0 Å². The summed E-state index contributed by atoms with van der Waals surface area (Å²) < 4.78 is 30.0. The van der Waals surface area contributed by atoms with Gasteiger partial charge in [0.1, 0.15) is 5.84 Å². The summed E-state index contributed by atoms with van der Waals surface area (Å²) in [6.07, 6.45) is 0.474. The lowest BCUT2D eigenvalue weighted by molar-refractivity contribution is 0.288. The number of aryl methyl sites for hydroxylation is 1. The van der Waals surface area contributed by atoms with Crippen LogP contribution in [0.25, 0.3) is 0 Å². The quantitative estimate of drug-likeness (QED) is 0.556. The van der Waals surface area contributed by atoms with Crippen LogP contribution in [0.2, 0.25) is 0 Å². The number of sulfonamides is 1. The SMILES string of the molecule is Cc1ccc(S(=O)(=O)/N=C(\Cc2ccccc2)N(C(C)C)C(C)C)cc1. The maximum absolute atomic E-state index is 12.9. The van der Waals surface area contributed by atoms with Crippen molar-refractivity contribution in [3.63, 3.8) is 0 Å². The molecule has 0 aliphatic carbocycles. The predicted molar refractivity (Wildman–Crippen MR) is 108 cm³/mol. The second-order valence-electron chi connectivity index (χ2n) is 7.05. The lowest BCUT2D eigenvalue weighted by Gasteiger charge is -2.34. The number of hydrogen-bond acceptors (Lipinski definition) is 2. The molecule has 0 saturated carbocycles. The van der Waals surface area contributed by atoms with Crippen LogP contribution in [0, 0.1) is 6.92 Å². The molecule has 0 aromatic heterocycles. The summed E-state index contributed by atoms with van der Waals surface area (Å²) >= 11 is 0. The van der Waals surface area contributed by atoms with Gasteiger partial charge < -0.3 is 4.90 Å². The summed E-state index contributed by atoms with van der Waals surface area (Å²) in [5.74, 6) is 0.571. The van der Waals surface area contributed by atoms with E-state index in [0.29, 0.717) is 12.3 Å². The molecule has 0 aliphatic rings. The van der Waals surface area contributed by atoms with E-state index in [1.807, 2.05) is 37.3 Å². The molecule has 26 heavy (non-hydrogen) atoms. The van der Waals surface area contributed by atoms with Gasteiger partial charge in [0.25, 0.3) is 10.0 Å². The minimum absolute atomic E-state index is 0.144. The van der Waals surface area contributed by atoms with Crippen LogP contribution in [0.4, 0.5) is 0 Å². The first-order chi connectivity index (χ1) is 12.2. The van der Waals surface area contributed by atoms with Crippen LogP contribution in [0.1, 0.15) is 38.8 Å². The summed E-state index contributed by atoms with van der Waals surface area (Å²) in [5.41, 5.74) is 2.06. The monoisotopic (exact) mass is 372 g/mol. The Kier molecular flexibility index (Phi) is 6.59. The average Bonchev–Trinajstić information content (AvgIpc) is 2.55. The first-order valence-corrected chi connectivity index (χ1v) is 10.4. The zero-order chi connectivity index (χ0) is 19.3. The van der Waals surface area contributed by atoms with Crippen molar-refractivity contribution in [3.8, 4) is 0 Å². The Hall–Kier alpha value is -2.14. The lowest BCUT2D eigenvalue weighted by atomic mass is 10.1. The van der Waals surface area contributed by atoms with E-state index in [2.05, 4.69) is 37.0 Å². The Labute approximate surface area is 157 Å². The van der Waals surface area contributed by atoms with Crippen molar-refractivity contribution in [2.45, 2.75) is 58.0 Å². The van der Waals surface area contributed by atoms with Gasteiger partial charge in [-0.3, -0.25) is 0 Å². The molecule has 140 valence electrons. The summed E-state index contributed by atoms with van der Waals surface area (Å²) in [5, 5.41) is 0. The zero-order valence-corrected chi connectivity index (χ0v) is 17.0. The topological polar surface area (TPSA) is 49.7 Å². The van der Waals surface area contributed by atoms with Gasteiger partial charge in [-0.1, -0.05) is 48.0 Å². The molecule has 0 saturated heterocycles. The first kappa shape index (κ1) is 20.2. The average molecular weight is 373 g/mol. The third-order valence-corrected chi connectivity index (χ3v) is 5.48. The largest absolute Gasteiger partial charge is 0.354 e. The van der Waals surface area contributed by atoms with Crippen molar-refractivity contribution in [2.75, 3.05) is 0 Å². The fourth-order valence-electron chi connectivity index (χ4n) is 3.04. The first-order valence-electron chi connectivity index (χ1n) is 8.93. The molecule has 0 fully saturated rings. The van der Waals surface area contributed by atoms with Crippen LogP contribution in [-0.2, 0) is 16.4 Å². The molecule has 0 amide bonds. The van der Waals surface area contributed by atoms with Gasteiger partial charge in [0, 0.05) is 18.5 Å². The van der Waals surface area contributed by atoms with E-state index >= 15 is 0 Å². The highest BCUT2D eigenvalue weighted by atomic mass is 32.2. The summed E-state index contributed by atoms with van der Waals surface area (Å²) in [7, 11) is -3.76. The summed E-state index contributed by atoms with van der Waals surface area (Å²) in [6.45, 7) is 10.1. The standard InChI is InChI=1S/C21H28N2O2S/c1-16(2)23(17(3)4)21(15-19-9-7-6-8-10-19)22-26(24,25)20-13-11-18(5)12-14-20/h6-14,16-17H,15H2,1-5H3/b22-21+. The Bertz CT molecular complexity index is 831. The van der Waals surface area contributed by atoms with Gasteiger partial charge in [0.15, 0.2) is 0 Å². The molecule has 0 bridgehead atoms. The molecule has 2 rings (SSSR count). The van der Waals surface area contributed by atoms with Crippen LogP contribution >= 0.6 is 0 Å². The van der Waals surface area contributed by atoms with Gasteiger partial charge in [0.2, 0.25) is 0 Å². The minimum Gasteiger partial charge on any atom is -0.354 e. The van der Waals surface area contributed by atoms with Crippen molar-refractivity contribution < 1.29 is 8.42 Å². The molecular formula is C21H28N2O2S. The molecule has 0 atom stereocenters. The van der Waals surface area contributed by atoms with Gasteiger partial charge in [0.05, 0.1) is 4.90 Å². The third-order valence-electron chi connectivity index (χ3n) is 4.16. The second kappa shape index (κ2) is 8.49. The third kappa shape index (κ3) is 5.18. The molecule has 0 unspecified atom stereocenters. The van der Waals surface area contributed by atoms with E-state index in [0.717, 1.165) is 11.1 Å². The van der Waals surface area contributed by atoms with Crippen LogP contribution in [-0.4, -0.2) is 31.2 Å². The number of hydrogen-bond donors (Lipinski definition) is 0. The number of benzene rings is 2. The second-order valence-corrected chi connectivity index (χ2v) is 8.66. The Morgan fingerprint density at radius 1 is 0.923 bits per heavy atom. The molecule has 0 N–H and O–H groups in total. The van der Waals surface area contributed by atoms with E-state index in [4.69, 9.17) is 0 Å². The molecule has 0 spiro atoms. The van der Waals surface area contributed by atoms with Crippen LogP contribution in [0.15, 0.2) is 63.9 Å². The molecule has 0 aliphatic heterocycles. The van der Waals surface area contributed by atoms with E-state index in [-0.39, 0.29) is 17.0 Å². The lowest BCUT2D eigenvalue weighted by Crippen LogP contribution is -2.43. The van der Waals surface area contributed by atoms with Gasteiger partial charge in [-0.15, -0.1) is 4.40 Å². The molecule has 2 aromatic rings. The zero-order valence-electron chi connectivity index (χ0n) is 16.2. The highest BCUT2D eigenvalue weighted by molar-refractivity contribution is 7.90. The van der Waals surface area contributed by atoms with Crippen molar-refractivity contribution in [1.29, 1.82) is 0 Å². The molecule has 4 nitrogen and oxygen atoms in total.